The molecule has 0 aliphatic carbocycles. The molecule has 0 radical (unpaired) electrons. The van der Waals surface area contributed by atoms with Crippen LogP contribution in [0.4, 0.5) is 0 Å². The van der Waals surface area contributed by atoms with Crippen LogP contribution in [-0.4, -0.2) is 41.1 Å². The van der Waals surface area contributed by atoms with Crippen LogP contribution >= 0.6 is 0 Å². The van der Waals surface area contributed by atoms with Crippen molar-refractivity contribution in [2.45, 2.75) is 39.1 Å². The summed E-state index contributed by atoms with van der Waals surface area (Å²) in [5, 5.41) is 9.10. The van der Waals surface area contributed by atoms with Crippen LogP contribution < -0.4 is 0 Å². The smallest absolute Gasteiger partial charge is 0.334 e. The van der Waals surface area contributed by atoms with E-state index in [2.05, 4.69) is 0 Å². The molecule has 0 unspecified atom stereocenters. The van der Waals surface area contributed by atoms with E-state index in [1.807, 2.05) is 0 Å². The number of ketones is 1. The number of rotatable bonds is 5. The van der Waals surface area contributed by atoms with Crippen molar-refractivity contribution < 1.29 is 29.0 Å². The summed E-state index contributed by atoms with van der Waals surface area (Å²) in [6.45, 7) is 4.63. The van der Waals surface area contributed by atoms with Gasteiger partial charge in [-0.15, -0.1) is 0 Å². The molecule has 21 heavy (non-hydrogen) atoms. The molecule has 3 atom stereocenters. The molecule has 0 saturated heterocycles. The Balaban J connectivity index is 2.83. The summed E-state index contributed by atoms with van der Waals surface area (Å²) in [5.74, 6) is -1.66. The highest BCUT2D eigenvalue weighted by Gasteiger charge is 2.28. The first-order valence-corrected chi connectivity index (χ1v) is 6.48. The third-order valence-electron chi connectivity index (χ3n) is 2.86. The molecule has 114 valence electrons. The minimum Gasteiger partial charge on any atom is -0.451 e. The number of hydrogen-bond donors (Lipinski definition) is 1. The van der Waals surface area contributed by atoms with Crippen molar-refractivity contribution in [2.24, 2.45) is 0 Å². The summed E-state index contributed by atoms with van der Waals surface area (Å²) in [6, 6.07) is 0. The van der Waals surface area contributed by atoms with E-state index < -0.39 is 36.0 Å². The second-order valence-electron chi connectivity index (χ2n) is 4.54. The molecule has 0 aromatic carbocycles. The number of allylic oxidation sites excluding steroid dienone is 1. The molecule has 1 aliphatic rings. The molecule has 0 aromatic rings. The van der Waals surface area contributed by atoms with Gasteiger partial charge < -0.3 is 14.6 Å². The van der Waals surface area contributed by atoms with Crippen molar-refractivity contribution >= 4 is 17.7 Å². The van der Waals surface area contributed by atoms with Gasteiger partial charge in [0.2, 0.25) is 0 Å². The van der Waals surface area contributed by atoms with Gasteiger partial charge in [0, 0.05) is 11.6 Å². The van der Waals surface area contributed by atoms with Crippen LogP contribution in [0, 0.1) is 0 Å². The Morgan fingerprint density at radius 3 is 2.71 bits per heavy atom. The standard InChI is InChI=1S/C15H18O6/c1-4-9(2)15(19)21-13-7-8-14(18)20-12(13)6-5-11(17)10(3)16/h4-8,10,12-13,16H,1-3H3/b6-5-,9-4+/t10-,12+,13+/m1/s1. The van der Waals surface area contributed by atoms with E-state index in [-0.39, 0.29) is 0 Å². The topological polar surface area (TPSA) is 89.9 Å². The van der Waals surface area contributed by atoms with Crippen LogP contribution in [-0.2, 0) is 23.9 Å². The zero-order valence-electron chi connectivity index (χ0n) is 12.1. The Morgan fingerprint density at radius 1 is 1.48 bits per heavy atom. The van der Waals surface area contributed by atoms with Crippen molar-refractivity contribution in [1.82, 2.24) is 0 Å². The molecule has 0 fully saturated rings. The van der Waals surface area contributed by atoms with E-state index in [0.29, 0.717) is 5.57 Å². The highest BCUT2D eigenvalue weighted by atomic mass is 16.6. The van der Waals surface area contributed by atoms with Gasteiger partial charge in [0.25, 0.3) is 0 Å². The maximum absolute atomic E-state index is 11.7. The van der Waals surface area contributed by atoms with E-state index in [9.17, 15) is 14.4 Å². The third-order valence-corrected chi connectivity index (χ3v) is 2.86. The predicted molar refractivity (Wildman–Crippen MR) is 74.2 cm³/mol. The molecular weight excluding hydrogens is 276 g/mol. The number of ether oxygens (including phenoxy) is 2. The summed E-state index contributed by atoms with van der Waals surface area (Å²) in [6.07, 6.45) is 3.68. The number of esters is 2. The Morgan fingerprint density at radius 2 is 2.14 bits per heavy atom. The number of cyclic esters (lactones) is 1. The molecule has 1 N–H and O–H groups in total. The predicted octanol–water partition coefficient (Wildman–Crippen LogP) is 0.852. The lowest BCUT2D eigenvalue weighted by Gasteiger charge is -2.25. The van der Waals surface area contributed by atoms with Crippen LogP contribution in [0.5, 0.6) is 0 Å². The van der Waals surface area contributed by atoms with Crippen LogP contribution in [0.3, 0.4) is 0 Å². The van der Waals surface area contributed by atoms with E-state index in [4.69, 9.17) is 14.6 Å². The Labute approximate surface area is 122 Å². The third kappa shape index (κ3) is 5.00. The molecule has 0 spiro atoms. The lowest BCUT2D eigenvalue weighted by atomic mass is 10.1. The zero-order valence-corrected chi connectivity index (χ0v) is 12.1. The van der Waals surface area contributed by atoms with Crippen molar-refractivity contribution in [3.8, 4) is 0 Å². The maximum Gasteiger partial charge on any atom is 0.334 e. The molecule has 0 bridgehead atoms. The lowest BCUT2D eigenvalue weighted by Crippen LogP contribution is -2.35. The molecule has 1 rings (SSSR count). The van der Waals surface area contributed by atoms with E-state index >= 15 is 0 Å². The molecule has 6 nitrogen and oxygen atoms in total. The van der Waals surface area contributed by atoms with E-state index in [1.165, 1.54) is 19.1 Å². The Kier molecular flexibility index (Phi) is 6.05. The Hall–Kier alpha value is -2.21. The van der Waals surface area contributed by atoms with Gasteiger partial charge in [0.15, 0.2) is 18.0 Å². The van der Waals surface area contributed by atoms with Crippen molar-refractivity contribution in [2.75, 3.05) is 0 Å². The summed E-state index contributed by atoms with van der Waals surface area (Å²) in [7, 11) is 0. The molecule has 0 amide bonds. The maximum atomic E-state index is 11.7. The van der Waals surface area contributed by atoms with Crippen molar-refractivity contribution in [3.05, 3.63) is 36.0 Å². The van der Waals surface area contributed by atoms with Gasteiger partial charge in [-0.1, -0.05) is 6.08 Å². The zero-order chi connectivity index (χ0) is 16.0. The highest BCUT2D eigenvalue weighted by Crippen LogP contribution is 2.15. The van der Waals surface area contributed by atoms with Gasteiger partial charge in [-0.25, -0.2) is 9.59 Å². The monoisotopic (exact) mass is 294 g/mol. The second kappa shape index (κ2) is 7.54. The normalized spacial score (nSPS) is 23.8. The molecular formula is C15H18O6. The van der Waals surface area contributed by atoms with Crippen LogP contribution in [0.25, 0.3) is 0 Å². The van der Waals surface area contributed by atoms with Crippen LogP contribution in [0.15, 0.2) is 36.0 Å². The molecule has 0 saturated carbocycles. The summed E-state index contributed by atoms with van der Waals surface area (Å²) in [4.78, 5) is 34.3. The van der Waals surface area contributed by atoms with Gasteiger partial charge in [-0.05, 0) is 39.0 Å². The molecule has 1 heterocycles. The van der Waals surface area contributed by atoms with E-state index in [0.717, 1.165) is 12.2 Å². The number of carbonyl (C=O) groups excluding carboxylic acids is 3. The fourth-order valence-corrected chi connectivity index (χ4v) is 1.44. The first kappa shape index (κ1) is 16.8. The fourth-order valence-electron chi connectivity index (χ4n) is 1.44. The van der Waals surface area contributed by atoms with Gasteiger partial charge in [0.1, 0.15) is 6.10 Å². The largest absolute Gasteiger partial charge is 0.451 e. The summed E-state index contributed by atoms with van der Waals surface area (Å²) >= 11 is 0. The summed E-state index contributed by atoms with van der Waals surface area (Å²) in [5.41, 5.74) is 0.420. The minimum atomic E-state index is -1.15. The van der Waals surface area contributed by atoms with Crippen LogP contribution in [0.1, 0.15) is 20.8 Å². The average Bonchev–Trinajstić information content (AvgIpc) is 2.45. The number of aliphatic hydroxyl groups excluding tert-OH is 1. The molecule has 0 aromatic heterocycles. The van der Waals surface area contributed by atoms with Gasteiger partial charge in [0.05, 0.1) is 0 Å². The number of aliphatic hydroxyl groups is 1. The van der Waals surface area contributed by atoms with Gasteiger partial charge in [-0.2, -0.15) is 0 Å². The fraction of sp³-hybridized carbons (Fsp3) is 0.400. The van der Waals surface area contributed by atoms with E-state index in [1.54, 1.807) is 19.9 Å². The first-order valence-electron chi connectivity index (χ1n) is 6.48. The quantitative estimate of drug-likeness (QED) is 0.597. The van der Waals surface area contributed by atoms with Gasteiger partial charge >= 0.3 is 11.9 Å². The lowest BCUT2D eigenvalue weighted by molar-refractivity contribution is -0.157. The SMILES string of the molecule is C/C=C(\C)C(=O)O[C@H]1C=CC(=O)O[C@H]1/C=C\C(=O)[C@@H](C)O. The minimum absolute atomic E-state index is 0.420. The molecule has 1 aliphatic heterocycles. The summed E-state index contributed by atoms with van der Waals surface area (Å²) < 4.78 is 10.2. The Bertz CT molecular complexity index is 512. The first-order chi connectivity index (χ1) is 9.85. The molecule has 6 heteroatoms. The number of hydrogen-bond acceptors (Lipinski definition) is 6. The van der Waals surface area contributed by atoms with Gasteiger partial charge in [-0.3, -0.25) is 4.79 Å². The number of carbonyl (C=O) groups is 3. The highest BCUT2D eigenvalue weighted by molar-refractivity contribution is 5.93. The van der Waals surface area contributed by atoms with Crippen molar-refractivity contribution in [3.63, 3.8) is 0 Å². The van der Waals surface area contributed by atoms with Crippen LogP contribution in [0.2, 0.25) is 0 Å². The second-order valence-corrected chi connectivity index (χ2v) is 4.54. The average molecular weight is 294 g/mol. The van der Waals surface area contributed by atoms with Crippen molar-refractivity contribution in [1.29, 1.82) is 0 Å².